The molecular formula is C24H25N3O4. The van der Waals surface area contributed by atoms with Crippen molar-refractivity contribution in [1.82, 2.24) is 9.88 Å². The molecule has 3 aromatic rings. The van der Waals surface area contributed by atoms with Crippen LogP contribution in [-0.2, 0) is 5.41 Å². The number of H-pyrrole nitrogens is 1. The lowest BCUT2D eigenvalue weighted by Gasteiger charge is -2.32. The van der Waals surface area contributed by atoms with Crippen LogP contribution in [0.5, 0.6) is 0 Å². The number of aromatic nitrogens is 1. The molecule has 1 amide bonds. The Morgan fingerprint density at radius 1 is 1.16 bits per heavy atom. The second-order valence-electron chi connectivity index (χ2n) is 8.20. The first-order valence-electron chi connectivity index (χ1n) is 10.1. The molecule has 1 heterocycles. The number of ketones is 1. The predicted octanol–water partition coefficient (Wildman–Crippen LogP) is 2.58. The molecule has 0 spiro atoms. The van der Waals surface area contributed by atoms with E-state index < -0.39 is 5.41 Å². The number of aliphatic hydroxyl groups excluding tert-OH is 2. The second-order valence-corrected chi connectivity index (χ2v) is 8.20. The second kappa shape index (κ2) is 7.65. The number of nitrogens with one attached hydrogen (secondary N) is 1. The van der Waals surface area contributed by atoms with Gasteiger partial charge in [0.15, 0.2) is 5.78 Å². The molecule has 0 saturated carbocycles. The summed E-state index contributed by atoms with van der Waals surface area (Å²) in [4.78, 5) is 31.1. The summed E-state index contributed by atoms with van der Waals surface area (Å²) >= 11 is 0. The van der Waals surface area contributed by atoms with Crippen molar-refractivity contribution in [3.63, 3.8) is 0 Å². The van der Waals surface area contributed by atoms with Crippen molar-refractivity contribution >= 4 is 22.6 Å². The average molecular weight is 419 g/mol. The highest BCUT2D eigenvalue weighted by molar-refractivity contribution is 6.20. The Labute approximate surface area is 181 Å². The smallest absolute Gasteiger partial charge is 0.254 e. The average Bonchev–Trinajstić information content (AvgIpc) is 3.16. The molecule has 1 aliphatic carbocycles. The molecule has 0 fully saturated rings. The number of nitrogens with zero attached hydrogens (tertiary/aromatic N) is 2. The molecule has 0 unspecified atom stereocenters. The van der Waals surface area contributed by atoms with Gasteiger partial charge in [-0.05, 0) is 35.9 Å². The standard InChI is InChI=1S/C24H23N3O4.H2/c1-24(2)18-12-15(23(31)27(7-9-28)8-10-29)4-6-16(18)21(30)20-17-5-3-14(13-25)11-19(17)26-22(20)24;/h3-6,11-12,26,28-29H,7-10H2,1-2H3;1H. The van der Waals surface area contributed by atoms with Crippen molar-refractivity contribution in [1.29, 1.82) is 5.26 Å². The summed E-state index contributed by atoms with van der Waals surface area (Å²) in [7, 11) is 0. The van der Waals surface area contributed by atoms with E-state index in [1.807, 2.05) is 13.8 Å². The third kappa shape index (κ3) is 3.21. The lowest BCUT2D eigenvalue weighted by molar-refractivity contribution is 0.0684. The first-order valence-corrected chi connectivity index (χ1v) is 10.1. The number of rotatable bonds is 5. The van der Waals surface area contributed by atoms with Crippen LogP contribution in [0.4, 0.5) is 0 Å². The SMILES string of the molecule is CC1(C)c2cc(C(=O)N(CCO)CCO)ccc2C(=O)c2c1[nH]c1cc(C#N)ccc21.[HH]. The number of fused-ring (bicyclic) bond motifs is 4. The van der Waals surface area contributed by atoms with Crippen molar-refractivity contribution in [2.24, 2.45) is 0 Å². The maximum Gasteiger partial charge on any atom is 0.254 e. The van der Waals surface area contributed by atoms with Gasteiger partial charge in [-0.3, -0.25) is 9.59 Å². The van der Waals surface area contributed by atoms with Crippen LogP contribution in [0.25, 0.3) is 10.9 Å². The summed E-state index contributed by atoms with van der Waals surface area (Å²) < 4.78 is 0. The summed E-state index contributed by atoms with van der Waals surface area (Å²) in [6.45, 7) is 3.81. The van der Waals surface area contributed by atoms with Crippen molar-refractivity contribution < 1.29 is 21.2 Å². The van der Waals surface area contributed by atoms with E-state index in [0.717, 1.165) is 22.2 Å². The molecule has 0 radical (unpaired) electrons. The van der Waals surface area contributed by atoms with Gasteiger partial charge in [0, 0.05) is 47.7 Å². The summed E-state index contributed by atoms with van der Waals surface area (Å²) in [5, 5.41) is 28.5. The highest BCUT2D eigenvalue weighted by atomic mass is 16.3. The molecule has 3 N–H and O–H groups in total. The molecule has 7 heteroatoms. The van der Waals surface area contributed by atoms with E-state index in [1.165, 1.54) is 4.90 Å². The highest BCUT2D eigenvalue weighted by Crippen LogP contribution is 2.44. The summed E-state index contributed by atoms with van der Waals surface area (Å²) in [6, 6.07) is 12.4. The minimum Gasteiger partial charge on any atom is -0.395 e. The van der Waals surface area contributed by atoms with Gasteiger partial charge in [-0.15, -0.1) is 0 Å². The molecular weight excluding hydrogens is 394 g/mol. The van der Waals surface area contributed by atoms with Gasteiger partial charge in [0.05, 0.1) is 30.4 Å². The number of nitriles is 1. The van der Waals surface area contributed by atoms with Crippen molar-refractivity contribution in [3.05, 3.63) is 69.9 Å². The Morgan fingerprint density at radius 3 is 2.52 bits per heavy atom. The minimum absolute atomic E-state index is 0. The van der Waals surface area contributed by atoms with Gasteiger partial charge in [-0.2, -0.15) is 5.26 Å². The zero-order valence-electron chi connectivity index (χ0n) is 17.4. The summed E-state index contributed by atoms with van der Waals surface area (Å²) in [5.41, 5.74) is 3.67. The molecule has 160 valence electrons. The predicted molar refractivity (Wildman–Crippen MR) is 117 cm³/mol. The topological polar surface area (TPSA) is 117 Å². The lowest BCUT2D eigenvalue weighted by Crippen LogP contribution is -2.36. The van der Waals surface area contributed by atoms with Crippen LogP contribution in [0.2, 0.25) is 0 Å². The number of amides is 1. The van der Waals surface area contributed by atoms with Crippen molar-refractivity contribution in [2.75, 3.05) is 26.3 Å². The number of carbonyl (C=O) groups excluding carboxylic acids is 2. The third-order valence-electron chi connectivity index (χ3n) is 5.99. The first kappa shape index (κ1) is 20.8. The molecule has 0 bridgehead atoms. The molecule has 31 heavy (non-hydrogen) atoms. The Morgan fingerprint density at radius 2 is 1.87 bits per heavy atom. The van der Waals surface area contributed by atoms with E-state index in [-0.39, 0.29) is 39.4 Å². The van der Waals surface area contributed by atoms with Gasteiger partial charge in [0.2, 0.25) is 0 Å². The number of aliphatic hydroxyl groups is 2. The largest absolute Gasteiger partial charge is 0.395 e. The van der Waals surface area contributed by atoms with E-state index >= 15 is 0 Å². The quantitative estimate of drug-likeness (QED) is 0.588. The molecule has 7 nitrogen and oxygen atoms in total. The van der Waals surface area contributed by atoms with E-state index in [2.05, 4.69) is 11.1 Å². The van der Waals surface area contributed by atoms with Crippen molar-refractivity contribution in [3.8, 4) is 6.07 Å². The molecule has 1 aliphatic rings. The highest BCUT2D eigenvalue weighted by Gasteiger charge is 2.40. The van der Waals surface area contributed by atoms with E-state index in [0.29, 0.717) is 22.3 Å². The molecule has 4 rings (SSSR count). The van der Waals surface area contributed by atoms with Crippen LogP contribution in [0.15, 0.2) is 36.4 Å². The van der Waals surface area contributed by atoms with Crippen LogP contribution < -0.4 is 0 Å². The van der Waals surface area contributed by atoms with E-state index in [9.17, 15) is 25.1 Å². The van der Waals surface area contributed by atoms with Gasteiger partial charge in [-0.25, -0.2) is 0 Å². The Hall–Kier alpha value is -3.47. The molecule has 1 aromatic heterocycles. The zero-order valence-corrected chi connectivity index (χ0v) is 17.4. The molecule has 0 aliphatic heterocycles. The maximum atomic E-state index is 13.4. The molecule has 0 atom stereocenters. The minimum atomic E-state index is -0.584. The van der Waals surface area contributed by atoms with Crippen LogP contribution in [0.3, 0.4) is 0 Å². The monoisotopic (exact) mass is 419 g/mol. The normalized spacial score (nSPS) is 14.1. The van der Waals surface area contributed by atoms with E-state index in [4.69, 9.17) is 0 Å². The summed E-state index contributed by atoms with van der Waals surface area (Å²) in [6.07, 6.45) is 0. The fourth-order valence-corrected chi connectivity index (χ4v) is 4.37. The fraction of sp³-hybridized carbons (Fsp3) is 0.292. The van der Waals surface area contributed by atoms with Gasteiger partial charge in [-0.1, -0.05) is 19.9 Å². The van der Waals surface area contributed by atoms with Gasteiger partial charge < -0.3 is 20.1 Å². The van der Waals surface area contributed by atoms with Crippen LogP contribution in [0.1, 0.15) is 58.4 Å². The number of hydrogen-bond acceptors (Lipinski definition) is 5. The zero-order chi connectivity index (χ0) is 22.3. The number of carbonyl (C=O) groups is 2. The van der Waals surface area contributed by atoms with Gasteiger partial charge in [0.1, 0.15) is 0 Å². The fourth-order valence-electron chi connectivity index (χ4n) is 4.37. The lowest BCUT2D eigenvalue weighted by atomic mass is 9.71. The number of benzene rings is 2. The van der Waals surface area contributed by atoms with Crippen LogP contribution >= 0.6 is 0 Å². The summed E-state index contributed by atoms with van der Waals surface area (Å²) in [5.74, 6) is -0.433. The van der Waals surface area contributed by atoms with Crippen LogP contribution in [-0.4, -0.2) is 58.1 Å². The van der Waals surface area contributed by atoms with Gasteiger partial charge in [0.25, 0.3) is 5.91 Å². The third-order valence-corrected chi connectivity index (χ3v) is 5.99. The van der Waals surface area contributed by atoms with Crippen molar-refractivity contribution in [2.45, 2.75) is 19.3 Å². The Bertz CT molecular complexity index is 1250. The molecule has 0 saturated heterocycles. The molecule has 2 aromatic carbocycles. The maximum absolute atomic E-state index is 13.4. The number of hydrogen-bond donors (Lipinski definition) is 3. The Balaban J connectivity index is 0.00000289. The first-order chi connectivity index (χ1) is 14.8. The number of aromatic amines is 1. The van der Waals surface area contributed by atoms with E-state index in [1.54, 1.807) is 36.4 Å². The Kier molecular flexibility index (Phi) is 5.13. The van der Waals surface area contributed by atoms with Gasteiger partial charge >= 0.3 is 0 Å². The van der Waals surface area contributed by atoms with Crippen LogP contribution in [0, 0.1) is 11.3 Å².